The molecule has 4 heteroatoms. The molecule has 0 radical (unpaired) electrons. The van der Waals surface area contributed by atoms with Crippen molar-refractivity contribution in [3.8, 4) is 0 Å². The summed E-state index contributed by atoms with van der Waals surface area (Å²) >= 11 is 0. The molecule has 0 aliphatic heterocycles. The first-order valence-electron chi connectivity index (χ1n) is 4.05. The molecular weight excluding hydrogens is 166 g/mol. The van der Waals surface area contributed by atoms with E-state index in [4.69, 9.17) is 0 Å². The van der Waals surface area contributed by atoms with Crippen LogP contribution in [-0.2, 0) is 11.3 Å². The largest absolute Gasteiger partial charge is 0.301 e. The molecule has 2 aromatic rings. The smallest absolute Gasteiger partial charge is 0.141 e. The molecule has 2 rings (SSSR count). The van der Waals surface area contributed by atoms with Gasteiger partial charge in [-0.2, -0.15) is 0 Å². The van der Waals surface area contributed by atoms with Gasteiger partial charge in [0.25, 0.3) is 0 Å². The number of carbonyl (C=O) groups is 1. The molecule has 0 N–H and O–H groups in total. The third-order valence-electron chi connectivity index (χ3n) is 1.99. The second-order valence-corrected chi connectivity index (χ2v) is 2.88. The lowest BCUT2D eigenvalue weighted by Crippen LogP contribution is -2.00. The Kier molecular flexibility index (Phi) is 1.81. The molecule has 0 aliphatic rings. The van der Waals surface area contributed by atoms with E-state index in [-0.39, 0.29) is 6.54 Å². The van der Waals surface area contributed by atoms with Gasteiger partial charge in [-0.15, -0.1) is 5.10 Å². The van der Waals surface area contributed by atoms with Gasteiger partial charge in [-0.1, -0.05) is 17.3 Å². The van der Waals surface area contributed by atoms with Gasteiger partial charge >= 0.3 is 0 Å². The second kappa shape index (κ2) is 2.97. The fraction of sp³-hybridized carbons (Fsp3) is 0.222. The highest BCUT2D eigenvalue weighted by molar-refractivity contribution is 5.78. The van der Waals surface area contributed by atoms with E-state index in [2.05, 4.69) is 10.3 Å². The number of aryl methyl sites for hydroxylation is 1. The first-order valence-corrected chi connectivity index (χ1v) is 4.05. The zero-order chi connectivity index (χ0) is 9.26. The molecule has 4 nitrogen and oxygen atoms in total. The fourth-order valence-electron chi connectivity index (χ4n) is 1.33. The number of aromatic nitrogens is 3. The van der Waals surface area contributed by atoms with Gasteiger partial charge in [0.1, 0.15) is 11.8 Å². The maximum atomic E-state index is 10.3. The second-order valence-electron chi connectivity index (χ2n) is 2.88. The number of benzene rings is 1. The molecule has 0 amide bonds. The number of aldehydes is 1. The molecule has 1 heterocycles. The summed E-state index contributed by atoms with van der Waals surface area (Å²) in [6, 6.07) is 5.82. The molecule has 1 aromatic heterocycles. The first-order chi connectivity index (χ1) is 6.33. The van der Waals surface area contributed by atoms with Gasteiger partial charge in [0.2, 0.25) is 0 Å². The van der Waals surface area contributed by atoms with E-state index < -0.39 is 0 Å². The van der Waals surface area contributed by atoms with Crippen molar-refractivity contribution in [1.29, 1.82) is 0 Å². The Labute approximate surface area is 75.2 Å². The molecule has 0 atom stereocenters. The monoisotopic (exact) mass is 175 g/mol. The van der Waals surface area contributed by atoms with Crippen LogP contribution in [0.25, 0.3) is 11.0 Å². The zero-order valence-corrected chi connectivity index (χ0v) is 7.27. The summed E-state index contributed by atoms with van der Waals surface area (Å²) in [5.74, 6) is 0. The predicted molar refractivity (Wildman–Crippen MR) is 48.3 cm³/mol. The Morgan fingerprint density at radius 1 is 1.54 bits per heavy atom. The van der Waals surface area contributed by atoms with Crippen LogP contribution in [0.4, 0.5) is 0 Å². The molecule has 0 fully saturated rings. The van der Waals surface area contributed by atoms with E-state index >= 15 is 0 Å². The molecule has 0 unspecified atom stereocenters. The van der Waals surface area contributed by atoms with Crippen molar-refractivity contribution >= 4 is 17.3 Å². The molecule has 13 heavy (non-hydrogen) atoms. The van der Waals surface area contributed by atoms with E-state index in [1.54, 1.807) is 4.68 Å². The first kappa shape index (κ1) is 7.91. The minimum atomic E-state index is 0.264. The zero-order valence-electron chi connectivity index (χ0n) is 7.27. The van der Waals surface area contributed by atoms with E-state index in [0.717, 1.165) is 22.9 Å². The number of fused-ring (bicyclic) bond motifs is 1. The minimum Gasteiger partial charge on any atom is -0.301 e. The van der Waals surface area contributed by atoms with Crippen molar-refractivity contribution in [2.45, 2.75) is 13.5 Å². The van der Waals surface area contributed by atoms with Crippen LogP contribution in [-0.4, -0.2) is 21.3 Å². The van der Waals surface area contributed by atoms with Gasteiger partial charge in [-0.25, -0.2) is 4.68 Å². The summed E-state index contributed by atoms with van der Waals surface area (Å²) in [4.78, 5) is 10.3. The standard InChI is InChI=1S/C9H9N3O/c1-7-3-2-4-8-9(7)10-11-12(8)5-6-13/h2-4,6H,5H2,1H3. The SMILES string of the molecule is Cc1cccc2c1nnn2CC=O. The van der Waals surface area contributed by atoms with Gasteiger partial charge in [0.15, 0.2) is 0 Å². The number of nitrogens with zero attached hydrogens (tertiary/aromatic N) is 3. The van der Waals surface area contributed by atoms with Gasteiger partial charge in [0, 0.05) is 0 Å². The van der Waals surface area contributed by atoms with Crippen molar-refractivity contribution in [1.82, 2.24) is 15.0 Å². The molecule has 0 saturated heterocycles. The topological polar surface area (TPSA) is 47.8 Å². The highest BCUT2D eigenvalue weighted by Gasteiger charge is 2.04. The lowest BCUT2D eigenvalue weighted by molar-refractivity contribution is -0.108. The number of carbonyl (C=O) groups excluding carboxylic acids is 1. The molecular formula is C9H9N3O. The van der Waals surface area contributed by atoms with Gasteiger partial charge < -0.3 is 4.79 Å². The molecule has 0 saturated carbocycles. The van der Waals surface area contributed by atoms with Crippen molar-refractivity contribution in [3.63, 3.8) is 0 Å². The molecule has 0 spiro atoms. The fourth-order valence-corrected chi connectivity index (χ4v) is 1.33. The van der Waals surface area contributed by atoms with Gasteiger partial charge in [0.05, 0.1) is 12.1 Å². The summed E-state index contributed by atoms with van der Waals surface area (Å²) in [5, 5.41) is 7.87. The van der Waals surface area contributed by atoms with Crippen LogP contribution in [0.3, 0.4) is 0 Å². The van der Waals surface area contributed by atoms with E-state index in [9.17, 15) is 4.79 Å². The maximum absolute atomic E-state index is 10.3. The summed E-state index contributed by atoms with van der Waals surface area (Å²) in [5.41, 5.74) is 2.85. The lowest BCUT2D eigenvalue weighted by atomic mass is 10.2. The minimum absolute atomic E-state index is 0.264. The van der Waals surface area contributed by atoms with Gasteiger partial charge in [-0.3, -0.25) is 0 Å². The van der Waals surface area contributed by atoms with Crippen LogP contribution < -0.4 is 0 Å². The normalized spacial score (nSPS) is 10.5. The molecule has 0 bridgehead atoms. The third kappa shape index (κ3) is 1.20. The van der Waals surface area contributed by atoms with Crippen molar-refractivity contribution in [2.24, 2.45) is 0 Å². The molecule has 1 aromatic carbocycles. The number of rotatable bonds is 2. The van der Waals surface area contributed by atoms with Crippen LogP contribution in [0.1, 0.15) is 5.56 Å². The van der Waals surface area contributed by atoms with Crippen molar-refractivity contribution in [3.05, 3.63) is 23.8 Å². The summed E-state index contributed by atoms with van der Waals surface area (Å²) < 4.78 is 1.59. The molecule has 0 aliphatic carbocycles. The van der Waals surface area contributed by atoms with Crippen molar-refractivity contribution in [2.75, 3.05) is 0 Å². The summed E-state index contributed by atoms with van der Waals surface area (Å²) in [6.07, 6.45) is 0.816. The Hall–Kier alpha value is -1.71. The number of hydrogen-bond donors (Lipinski definition) is 0. The lowest BCUT2D eigenvalue weighted by Gasteiger charge is -1.95. The van der Waals surface area contributed by atoms with Crippen LogP contribution in [0.5, 0.6) is 0 Å². The summed E-state index contributed by atoms with van der Waals surface area (Å²) in [6.45, 7) is 2.24. The van der Waals surface area contributed by atoms with Crippen LogP contribution in [0.15, 0.2) is 18.2 Å². The maximum Gasteiger partial charge on any atom is 0.141 e. The Morgan fingerprint density at radius 2 is 2.38 bits per heavy atom. The third-order valence-corrected chi connectivity index (χ3v) is 1.99. The predicted octanol–water partition coefficient (Wildman–Crippen LogP) is 0.939. The number of hydrogen-bond acceptors (Lipinski definition) is 3. The Bertz CT molecular complexity index is 447. The van der Waals surface area contributed by atoms with Crippen LogP contribution >= 0.6 is 0 Å². The summed E-state index contributed by atoms with van der Waals surface area (Å²) in [7, 11) is 0. The quantitative estimate of drug-likeness (QED) is 0.638. The van der Waals surface area contributed by atoms with E-state index in [0.29, 0.717) is 0 Å². The highest BCUT2D eigenvalue weighted by Crippen LogP contribution is 2.14. The average Bonchev–Trinajstić information content (AvgIpc) is 2.51. The van der Waals surface area contributed by atoms with Crippen LogP contribution in [0.2, 0.25) is 0 Å². The Balaban J connectivity index is 2.67. The van der Waals surface area contributed by atoms with E-state index in [1.165, 1.54) is 0 Å². The van der Waals surface area contributed by atoms with Crippen molar-refractivity contribution < 1.29 is 4.79 Å². The van der Waals surface area contributed by atoms with Gasteiger partial charge in [-0.05, 0) is 18.6 Å². The Morgan fingerprint density at radius 3 is 3.15 bits per heavy atom. The highest BCUT2D eigenvalue weighted by atomic mass is 16.1. The van der Waals surface area contributed by atoms with E-state index in [1.807, 2.05) is 25.1 Å². The molecule has 66 valence electrons. The van der Waals surface area contributed by atoms with Crippen LogP contribution in [0, 0.1) is 6.92 Å². The average molecular weight is 175 g/mol.